The first-order valence-electron chi connectivity index (χ1n) is 4.63. The molecule has 2 atom stereocenters. The lowest BCUT2D eigenvalue weighted by Gasteiger charge is -2.11. The minimum atomic E-state index is -0.638. The minimum absolute atomic E-state index is 0.306. The molecular formula is C8H16N2O4S2. The van der Waals surface area contributed by atoms with Gasteiger partial charge in [-0.05, 0) is 6.92 Å². The number of nitrogens with two attached hydrogens (primary N) is 2. The lowest BCUT2D eigenvalue weighted by molar-refractivity contribution is -0.144. The molecule has 8 heteroatoms. The first kappa shape index (κ1) is 15.6. The summed E-state index contributed by atoms with van der Waals surface area (Å²) in [5, 5.41) is 0. The van der Waals surface area contributed by atoms with Crippen molar-refractivity contribution in [2.75, 3.05) is 18.1 Å². The van der Waals surface area contributed by atoms with Crippen molar-refractivity contribution in [1.82, 2.24) is 0 Å². The van der Waals surface area contributed by atoms with Gasteiger partial charge in [0.25, 0.3) is 6.47 Å². The van der Waals surface area contributed by atoms with Gasteiger partial charge in [-0.2, -0.15) is 0 Å². The molecule has 0 saturated heterocycles. The highest BCUT2D eigenvalue weighted by atomic mass is 33.1. The third-order valence-electron chi connectivity index (χ3n) is 1.38. The molecule has 94 valence electrons. The van der Waals surface area contributed by atoms with Crippen molar-refractivity contribution in [1.29, 1.82) is 0 Å². The Morgan fingerprint density at radius 2 is 2.00 bits per heavy atom. The maximum absolute atomic E-state index is 11.1. The molecule has 0 aliphatic heterocycles. The minimum Gasteiger partial charge on any atom is -0.465 e. The number of ether oxygens (including phenoxy) is 2. The van der Waals surface area contributed by atoms with Crippen LogP contribution in [0.25, 0.3) is 0 Å². The van der Waals surface area contributed by atoms with Crippen LogP contribution in [0.1, 0.15) is 6.92 Å². The molecule has 0 fully saturated rings. The predicted molar refractivity (Wildman–Crippen MR) is 64.6 cm³/mol. The van der Waals surface area contributed by atoms with Crippen molar-refractivity contribution in [2.45, 2.75) is 19.2 Å². The Hall–Kier alpha value is -0.440. The van der Waals surface area contributed by atoms with Gasteiger partial charge in [-0.25, -0.2) is 0 Å². The number of carbonyl (C=O) groups excluding carboxylic acids is 2. The first-order valence-corrected chi connectivity index (χ1v) is 7.12. The summed E-state index contributed by atoms with van der Waals surface area (Å²) in [6.45, 7) is 2.35. The molecule has 2 unspecified atom stereocenters. The van der Waals surface area contributed by atoms with Crippen LogP contribution in [0.15, 0.2) is 0 Å². The van der Waals surface area contributed by atoms with Crippen LogP contribution in [-0.2, 0) is 19.1 Å². The van der Waals surface area contributed by atoms with Crippen molar-refractivity contribution >= 4 is 34.0 Å². The van der Waals surface area contributed by atoms with Gasteiger partial charge in [-0.1, -0.05) is 21.6 Å². The molecule has 0 aliphatic carbocycles. The van der Waals surface area contributed by atoms with Crippen LogP contribution in [0.4, 0.5) is 0 Å². The number of hydrogen-bond donors (Lipinski definition) is 2. The van der Waals surface area contributed by atoms with Crippen LogP contribution in [0.5, 0.6) is 0 Å². The monoisotopic (exact) mass is 268 g/mol. The Kier molecular flexibility index (Phi) is 9.49. The molecule has 0 radical (unpaired) electrons. The average molecular weight is 268 g/mol. The Morgan fingerprint density at radius 1 is 1.38 bits per heavy atom. The second-order valence-electron chi connectivity index (χ2n) is 2.70. The Morgan fingerprint density at radius 3 is 2.56 bits per heavy atom. The van der Waals surface area contributed by atoms with E-state index in [9.17, 15) is 9.59 Å². The van der Waals surface area contributed by atoms with Gasteiger partial charge in [0, 0.05) is 5.75 Å². The summed E-state index contributed by atoms with van der Waals surface area (Å²) in [4.78, 5) is 21.0. The molecule has 0 aromatic carbocycles. The van der Waals surface area contributed by atoms with E-state index in [1.807, 2.05) is 0 Å². The van der Waals surface area contributed by atoms with Crippen LogP contribution in [0.3, 0.4) is 0 Å². The smallest absolute Gasteiger partial charge is 0.323 e. The third-order valence-corrected chi connectivity index (χ3v) is 3.83. The average Bonchev–Trinajstić information content (AvgIpc) is 2.24. The summed E-state index contributed by atoms with van der Waals surface area (Å²) in [6, 6.07) is -0.638. The molecule has 16 heavy (non-hydrogen) atoms. The largest absolute Gasteiger partial charge is 0.465 e. The number of carbonyl (C=O) groups is 2. The van der Waals surface area contributed by atoms with E-state index in [1.165, 1.54) is 21.6 Å². The molecule has 0 aliphatic rings. The number of rotatable bonds is 9. The highest BCUT2D eigenvalue weighted by Crippen LogP contribution is 2.22. The van der Waals surface area contributed by atoms with E-state index in [2.05, 4.69) is 4.74 Å². The van der Waals surface area contributed by atoms with E-state index in [0.717, 1.165) is 0 Å². The van der Waals surface area contributed by atoms with E-state index in [0.29, 0.717) is 24.6 Å². The summed E-state index contributed by atoms with van der Waals surface area (Å²) in [6.07, 6.45) is -0.631. The van der Waals surface area contributed by atoms with E-state index >= 15 is 0 Å². The molecule has 0 bridgehead atoms. The number of esters is 1. The lowest BCUT2D eigenvalue weighted by atomic mass is 10.4. The molecule has 0 aromatic rings. The Labute approximate surface area is 102 Å². The summed E-state index contributed by atoms with van der Waals surface area (Å²) in [5.41, 5.74) is 10.9. The van der Waals surface area contributed by atoms with Gasteiger partial charge in [0.2, 0.25) is 0 Å². The Balaban J connectivity index is 3.50. The molecule has 6 nitrogen and oxygen atoms in total. The third kappa shape index (κ3) is 7.80. The molecule has 0 saturated carbocycles. The SMILES string of the molecule is CCOC(=O)C(N)CSSCC(N)OC=O. The fraction of sp³-hybridized carbons (Fsp3) is 0.750. The van der Waals surface area contributed by atoms with Gasteiger partial charge in [0.05, 0.1) is 12.4 Å². The van der Waals surface area contributed by atoms with Gasteiger partial charge in [-0.3, -0.25) is 15.3 Å². The van der Waals surface area contributed by atoms with E-state index < -0.39 is 18.2 Å². The van der Waals surface area contributed by atoms with Crippen LogP contribution in [-0.4, -0.2) is 42.8 Å². The molecule has 0 amide bonds. The zero-order valence-corrected chi connectivity index (χ0v) is 10.6. The maximum Gasteiger partial charge on any atom is 0.323 e. The molecule has 4 N–H and O–H groups in total. The summed E-state index contributed by atoms with van der Waals surface area (Å²) in [7, 11) is 2.77. The van der Waals surface area contributed by atoms with Crippen molar-refractivity contribution in [3.8, 4) is 0 Å². The van der Waals surface area contributed by atoms with Gasteiger partial charge < -0.3 is 15.2 Å². The fourth-order valence-corrected chi connectivity index (χ4v) is 2.77. The lowest BCUT2D eigenvalue weighted by Crippen LogP contribution is -2.34. The molecule has 0 heterocycles. The number of hydrogen-bond acceptors (Lipinski definition) is 8. The van der Waals surface area contributed by atoms with Crippen molar-refractivity contribution in [2.24, 2.45) is 11.5 Å². The van der Waals surface area contributed by atoms with Crippen LogP contribution in [0, 0.1) is 0 Å². The van der Waals surface area contributed by atoms with Gasteiger partial charge >= 0.3 is 5.97 Å². The molecule has 0 spiro atoms. The maximum atomic E-state index is 11.1. The van der Waals surface area contributed by atoms with E-state index in [1.54, 1.807) is 6.92 Å². The molecular weight excluding hydrogens is 252 g/mol. The van der Waals surface area contributed by atoms with Gasteiger partial charge in [0.1, 0.15) is 6.04 Å². The zero-order chi connectivity index (χ0) is 12.4. The molecule has 0 rings (SSSR count). The second kappa shape index (κ2) is 9.76. The first-order chi connectivity index (χ1) is 7.61. The van der Waals surface area contributed by atoms with Crippen molar-refractivity contribution in [3.05, 3.63) is 0 Å². The zero-order valence-electron chi connectivity index (χ0n) is 8.96. The summed E-state index contributed by atoms with van der Waals surface area (Å²) >= 11 is 0. The van der Waals surface area contributed by atoms with Crippen LogP contribution < -0.4 is 11.5 Å². The standard InChI is InChI=1S/C8H16N2O4S2/c1-2-13-8(12)6(9)3-15-16-4-7(10)14-5-11/h5-7H,2-4,9-10H2,1H3. The topological polar surface area (TPSA) is 105 Å². The van der Waals surface area contributed by atoms with Crippen LogP contribution in [0.2, 0.25) is 0 Å². The highest BCUT2D eigenvalue weighted by molar-refractivity contribution is 8.76. The normalized spacial score (nSPS) is 13.9. The van der Waals surface area contributed by atoms with E-state index in [-0.39, 0.29) is 0 Å². The predicted octanol–water partition coefficient (Wildman–Crippen LogP) is -0.284. The quantitative estimate of drug-likeness (QED) is 0.193. The van der Waals surface area contributed by atoms with Gasteiger partial charge in [-0.15, -0.1) is 0 Å². The Bertz CT molecular complexity index is 218. The molecule has 0 aromatic heterocycles. The van der Waals surface area contributed by atoms with Crippen molar-refractivity contribution in [3.63, 3.8) is 0 Å². The van der Waals surface area contributed by atoms with E-state index in [4.69, 9.17) is 16.2 Å². The fourth-order valence-electron chi connectivity index (χ4n) is 0.665. The van der Waals surface area contributed by atoms with Crippen molar-refractivity contribution < 1.29 is 19.1 Å². The second-order valence-corrected chi connectivity index (χ2v) is 5.25. The van der Waals surface area contributed by atoms with Crippen LogP contribution >= 0.6 is 21.6 Å². The summed E-state index contributed by atoms with van der Waals surface area (Å²) in [5.74, 6) is 0.458. The summed E-state index contributed by atoms with van der Waals surface area (Å²) < 4.78 is 9.21. The van der Waals surface area contributed by atoms with Gasteiger partial charge in [0.15, 0.2) is 6.23 Å². The highest BCUT2D eigenvalue weighted by Gasteiger charge is 2.14.